The molecule has 0 fully saturated rings. The predicted molar refractivity (Wildman–Crippen MR) is 121 cm³/mol. The standard InChI is InChI=1S/C22H22ClN3O3S/c1-14-19(9-10-27)22(29)26(21(24-14)15-5-3-6-16(23)11-15)13-20(28)25-17-7-4-8-18(12-17)30-2/h3-8,11-12,27H,9-10,13H2,1-2H3,(H,25,28). The second-order valence-corrected chi connectivity index (χ2v) is 7.97. The number of carbonyl (C=O) groups is 1. The summed E-state index contributed by atoms with van der Waals surface area (Å²) in [4.78, 5) is 31.5. The lowest BCUT2D eigenvalue weighted by atomic mass is 10.1. The van der Waals surface area contributed by atoms with Gasteiger partial charge in [-0.1, -0.05) is 29.8 Å². The summed E-state index contributed by atoms with van der Waals surface area (Å²) in [5, 5.41) is 12.7. The van der Waals surface area contributed by atoms with Crippen molar-refractivity contribution in [2.45, 2.75) is 24.8 Å². The molecule has 3 aromatic rings. The topological polar surface area (TPSA) is 84.2 Å². The minimum atomic E-state index is -0.348. The highest BCUT2D eigenvalue weighted by Crippen LogP contribution is 2.22. The molecule has 0 saturated heterocycles. The number of halogens is 1. The number of rotatable bonds is 7. The number of hydrogen-bond donors (Lipinski definition) is 2. The monoisotopic (exact) mass is 443 g/mol. The van der Waals surface area contributed by atoms with Crippen molar-refractivity contribution >= 4 is 35.0 Å². The zero-order chi connectivity index (χ0) is 21.7. The largest absolute Gasteiger partial charge is 0.396 e. The Kier molecular flexibility index (Phi) is 7.31. The first-order valence-corrected chi connectivity index (χ1v) is 10.9. The van der Waals surface area contributed by atoms with Crippen LogP contribution in [0.3, 0.4) is 0 Å². The van der Waals surface area contributed by atoms with E-state index in [9.17, 15) is 14.7 Å². The highest BCUT2D eigenvalue weighted by molar-refractivity contribution is 7.98. The second-order valence-electron chi connectivity index (χ2n) is 6.65. The first-order chi connectivity index (χ1) is 14.4. The number of carbonyl (C=O) groups excluding carboxylic acids is 1. The Morgan fingerprint density at radius 3 is 2.70 bits per heavy atom. The summed E-state index contributed by atoms with van der Waals surface area (Å²) in [6, 6.07) is 14.5. The van der Waals surface area contributed by atoms with Crippen LogP contribution in [-0.4, -0.2) is 33.4 Å². The minimum absolute atomic E-state index is 0.172. The van der Waals surface area contributed by atoms with Crippen LogP contribution in [0.5, 0.6) is 0 Å². The molecule has 1 heterocycles. The van der Waals surface area contributed by atoms with Crippen molar-refractivity contribution in [2.24, 2.45) is 0 Å². The van der Waals surface area contributed by atoms with Gasteiger partial charge in [-0.25, -0.2) is 4.98 Å². The van der Waals surface area contributed by atoms with Crippen LogP contribution in [0.2, 0.25) is 5.02 Å². The molecular weight excluding hydrogens is 422 g/mol. The second kappa shape index (κ2) is 9.93. The van der Waals surface area contributed by atoms with Gasteiger partial charge in [-0.05, 0) is 43.5 Å². The van der Waals surface area contributed by atoms with E-state index in [2.05, 4.69) is 10.3 Å². The number of nitrogens with zero attached hydrogens (tertiary/aromatic N) is 2. The fourth-order valence-corrected chi connectivity index (χ4v) is 3.79. The van der Waals surface area contributed by atoms with Gasteiger partial charge in [-0.15, -0.1) is 11.8 Å². The van der Waals surface area contributed by atoms with Gasteiger partial charge in [0.2, 0.25) is 5.91 Å². The molecule has 3 rings (SSSR count). The molecule has 8 heteroatoms. The highest BCUT2D eigenvalue weighted by atomic mass is 35.5. The van der Waals surface area contributed by atoms with Crippen molar-refractivity contribution in [2.75, 3.05) is 18.2 Å². The lowest BCUT2D eigenvalue weighted by Crippen LogP contribution is -2.33. The average molecular weight is 444 g/mol. The number of aliphatic hydroxyl groups excluding tert-OH is 1. The van der Waals surface area contributed by atoms with E-state index < -0.39 is 0 Å². The summed E-state index contributed by atoms with van der Waals surface area (Å²) >= 11 is 7.69. The van der Waals surface area contributed by atoms with E-state index in [0.717, 1.165) is 4.90 Å². The molecule has 0 atom stereocenters. The SMILES string of the molecule is CSc1cccc(NC(=O)Cn2c(-c3cccc(Cl)c3)nc(C)c(CCO)c2=O)c1. The van der Waals surface area contributed by atoms with Crippen molar-refractivity contribution in [3.63, 3.8) is 0 Å². The zero-order valence-corrected chi connectivity index (χ0v) is 18.3. The van der Waals surface area contributed by atoms with Gasteiger partial charge in [0.05, 0.1) is 0 Å². The van der Waals surface area contributed by atoms with Gasteiger partial charge in [0.15, 0.2) is 0 Å². The van der Waals surface area contributed by atoms with E-state index in [0.29, 0.717) is 33.4 Å². The number of aliphatic hydroxyl groups is 1. The normalized spacial score (nSPS) is 10.8. The Balaban J connectivity index is 2.01. The number of anilines is 1. The molecule has 0 unspecified atom stereocenters. The van der Waals surface area contributed by atoms with Crippen LogP contribution >= 0.6 is 23.4 Å². The van der Waals surface area contributed by atoms with Crippen LogP contribution in [0, 0.1) is 6.92 Å². The van der Waals surface area contributed by atoms with Gasteiger partial charge in [-0.3, -0.25) is 14.2 Å². The van der Waals surface area contributed by atoms with Crippen LogP contribution in [0.1, 0.15) is 11.3 Å². The molecule has 2 aromatic carbocycles. The van der Waals surface area contributed by atoms with Gasteiger partial charge in [0.1, 0.15) is 12.4 Å². The molecule has 156 valence electrons. The van der Waals surface area contributed by atoms with Crippen molar-refractivity contribution in [1.29, 1.82) is 0 Å². The van der Waals surface area contributed by atoms with Crippen molar-refractivity contribution in [1.82, 2.24) is 9.55 Å². The number of thioether (sulfide) groups is 1. The summed E-state index contributed by atoms with van der Waals surface area (Å²) in [5.74, 6) is 0.00827. The summed E-state index contributed by atoms with van der Waals surface area (Å²) in [6.45, 7) is 1.33. The van der Waals surface area contributed by atoms with Crippen molar-refractivity contribution < 1.29 is 9.90 Å². The number of nitrogens with one attached hydrogen (secondary N) is 1. The summed E-state index contributed by atoms with van der Waals surface area (Å²) < 4.78 is 1.33. The van der Waals surface area contributed by atoms with Gasteiger partial charge < -0.3 is 10.4 Å². The quantitative estimate of drug-likeness (QED) is 0.543. The molecule has 0 radical (unpaired) electrons. The van der Waals surface area contributed by atoms with Gasteiger partial charge in [-0.2, -0.15) is 0 Å². The maximum absolute atomic E-state index is 13.1. The maximum Gasteiger partial charge on any atom is 0.257 e. The Morgan fingerprint density at radius 2 is 2.00 bits per heavy atom. The van der Waals surface area contributed by atoms with Gasteiger partial charge in [0.25, 0.3) is 5.56 Å². The van der Waals surface area contributed by atoms with Gasteiger partial charge >= 0.3 is 0 Å². The molecule has 0 aliphatic rings. The van der Waals surface area contributed by atoms with Crippen LogP contribution < -0.4 is 10.9 Å². The number of aryl methyl sites for hydroxylation is 1. The molecule has 1 aromatic heterocycles. The molecule has 30 heavy (non-hydrogen) atoms. The smallest absolute Gasteiger partial charge is 0.257 e. The molecule has 1 amide bonds. The number of amides is 1. The first kappa shape index (κ1) is 22.1. The van der Waals surface area contributed by atoms with Gasteiger partial charge in [0, 0.05) is 45.5 Å². The third-order valence-corrected chi connectivity index (χ3v) is 5.53. The van der Waals surface area contributed by atoms with Crippen molar-refractivity contribution in [3.05, 3.63) is 75.2 Å². The molecule has 0 aliphatic heterocycles. The van der Waals surface area contributed by atoms with Crippen LogP contribution in [-0.2, 0) is 17.8 Å². The molecule has 6 nitrogen and oxygen atoms in total. The third-order valence-electron chi connectivity index (χ3n) is 4.57. The Bertz CT molecular complexity index is 1130. The lowest BCUT2D eigenvalue weighted by molar-refractivity contribution is -0.116. The zero-order valence-electron chi connectivity index (χ0n) is 16.7. The molecule has 0 saturated carbocycles. The van der Waals surface area contributed by atoms with Crippen LogP contribution in [0.25, 0.3) is 11.4 Å². The van der Waals surface area contributed by atoms with Crippen LogP contribution in [0.4, 0.5) is 5.69 Å². The van der Waals surface area contributed by atoms with E-state index in [1.165, 1.54) is 4.57 Å². The molecule has 0 spiro atoms. The average Bonchev–Trinajstić information content (AvgIpc) is 2.73. The van der Waals surface area contributed by atoms with Crippen LogP contribution in [0.15, 0.2) is 58.2 Å². The molecular formula is C22H22ClN3O3S. The van der Waals surface area contributed by atoms with E-state index >= 15 is 0 Å². The van der Waals surface area contributed by atoms with E-state index in [1.54, 1.807) is 49.0 Å². The third kappa shape index (κ3) is 5.11. The molecule has 0 aliphatic carbocycles. The lowest BCUT2D eigenvalue weighted by Gasteiger charge is -2.16. The first-order valence-electron chi connectivity index (χ1n) is 9.34. The number of aromatic nitrogens is 2. The molecule has 2 N–H and O–H groups in total. The van der Waals surface area contributed by atoms with E-state index in [1.807, 2.05) is 24.5 Å². The Hall–Kier alpha value is -2.61. The Labute approximate surface area is 183 Å². The number of benzene rings is 2. The molecule has 0 bridgehead atoms. The maximum atomic E-state index is 13.1. The highest BCUT2D eigenvalue weighted by Gasteiger charge is 2.18. The number of hydrogen-bond acceptors (Lipinski definition) is 5. The predicted octanol–water partition coefficient (Wildman–Crippen LogP) is 3.77. The fourth-order valence-electron chi connectivity index (χ4n) is 3.14. The summed E-state index contributed by atoms with van der Waals surface area (Å²) in [6.07, 6.45) is 2.13. The van der Waals surface area contributed by atoms with E-state index in [4.69, 9.17) is 11.6 Å². The summed E-state index contributed by atoms with van der Waals surface area (Å²) in [5.41, 5.74) is 1.85. The minimum Gasteiger partial charge on any atom is -0.396 e. The summed E-state index contributed by atoms with van der Waals surface area (Å²) in [7, 11) is 0. The van der Waals surface area contributed by atoms with Crippen molar-refractivity contribution in [3.8, 4) is 11.4 Å². The fraction of sp³-hybridized carbons (Fsp3) is 0.227. The van der Waals surface area contributed by atoms with E-state index in [-0.39, 0.29) is 31.0 Å². The Morgan fingerprint density at radius 1 is 1.23 bits per heavy atom.